The Morgan fingerprint density at radius 3 is 1.44 bits per heavy atom. The van der Waals surface area contributed by atoms with Gasteiger partial charge in [0, 0.05) is 24.8 Å². The van der Waals surface area contributed by atoms with Gasteiger partial charge in [0.15, 0.2) is 23.0 Å². The second kappa shape index (κ2) is 17.2. The molecule has 2 aromatic carbocycles. The number of carboxylic acid groups (broad SMARTS) is 1. The molecule has 0 amide bonds. The molecule has 234 valence electrons. The number of benzene rings is 2. The number of halogens is 4. The van der Waals surface area contributed by atoms with E-state index in [0.717, 1.165) is 19.4 Å². The van der Waals surface area contributed by atoms with Crippen LogP contribution in [0.5, 0.6) is 0 Å². The fourth-order valence-electron chi connectivity index (χ4n) is 2.89. The van der Waals surface area contributed by atoms with Crippen molar-refractivity contribution in [3.05, 3.63) is 92.7 Å². The van der Waals surface area contributed by atoms with E-state index in [1.165, 1.54) is 48.9 Å². The molecule has 0 spiro atoms. The first-order chi connectivity index (χ1) is 20.2. The minimum atomic E-state index is -4.07. The van der Waals surface area contributed by atoms with Crippen LogP contribution in [0.2, 0.25) is 20.1 Å². The first-order valence-electron chi connectivity index (χ1n) is 11.1. The predicted octanol–water partition coefficient (Wildman–Crippen LogP) is 1.48. The van der Waals surface area contributed by atoms with Crippen molar-refractivity contribution >= 4 is 90.0 Å². The third-order valence-electron chi connectivity index (χ3n) is 4.84. The predicted molar refractivity (Wildman–Crippen MR) is 159 cm³/mol. The van der Waals surface area contributed by atoms with Crippen molar-refractivity contribution in [1.82, 2.24) is 19.9 Å². The van der Waals surface area contributed by atoms with Gasteiger partial charge in [-0.05, 0) is 36.4 Å². The zero-order valence-electron chi connectivity index (χ0n) is 22.6. The molecule has 0 saturated carbocycles. The fraction of sp³-hybridized carbons (Fsp3) is 0.0435. The molecule has 0 aliphatic rings. The quantitative estimate of drug-likeness (QED) is 0.171. The first kappa shape index (κ1) is 40.2. The van der Waals surface area contributed by atoms with Gasteiger partial charge in [-0.2, -0.15) is 0 Å². The van der Waals surface area contributed by atoms with Crippen LogP contribution in [0.4, 0.5) is 11.6 Å². The summed E-state index contributed by atoms with van der Waals surface area (Å²) >= 11 is 23.0. The number of nitrogens with zero attached hydrogens (tertiary/aromatic N) is 4. The van der Waals surface area contributed by atoms with Crippen molar-refractivity contribution in [1.29, 1.82) is 0 Å². The number of rotatable bonds is 8. The van der Waals surface area contributed by atoms with Crippen LogP contribution in [0.3, 0.4) is 0 Å². The molecule has 0 unspecified atom stereocenters. The summed E-state index contributed by atoms with van der Waals surface area (Å²) in [5.41, 5.74) is -0.769. The molecule has 4 rings (SSSR count). The first-order valence-corrected chi connectivity index (χ1v) is 15.5. The van der Waals surface area contributed by atoms with Crippen LogP contribution < -0.4 is 39.0 Å². The topological polar surface area (TPSA) is 237 Å². The van der Waals surface area contributed by atoms with Crippen LogP contribution in [0.25, 0.3) is 0 Å². The zero-order chi connectivity index (χ0) is 31.9. The largest absolute Gasteiger partial charge is 1.00 e. The molecule has 0 fully saturated rings. The van der Waals surface area contributed by atoms with Gasteiger partial charge in [-0.25, -0.2) is 46.4 Å². The average Bonchev–Trinajstić information content (AvgIpc) is 2.95. The third-order valence-corrected chi connectivity index (χ3v) is 8.99. The summed E-state index contributed by atoms with van der Waals surface area (Å²) in [5.74, 6) is -2.87. The van der Waals surface area contributed by atoms with E-state index in [-0.39, 0.29) is 76.4 Å². The van der Waals surface area contributed by atoms with Crippen LogP contribution in [0.1, 0.15) is 21.0 Å². The Hall–Kier alpha value is -2.84. The number of nitrogens with one attached hydrogen (secondary N) is 2. The fourth-order valence-corrected chi connectivity index (χ4v) is 5.70. The number of anilines is 2. The van der Waals surface area contributed by atoms with Gasteiger partial charge >= 0.3 is 41.5 Å². The standard InChI is InChI=1S/C12H9Cl2N3O4S.C11H7Cl2N3O4S.Na.H2O/c1-21-12(18)10-11(16-5-4-15-10)17-22(19,20)7-2-3-8(13)9(14)6-7;12-7-2-1-6(5-8(7)13)21(19,20)16-10-9(11(17)18)14-3-4-15-10;;/h2-6H,1H3,(H,16,17);1-5H,(H,15,16)(H,17,18);;1H2/q;;+1;/p-1. The normalized spacial score (nSPS) is 10.6. The molecular weight excluding hydrogens is 733 g/mol. The molecule has 2 aromatic heterocycles. The summed E-state index contributed by atoms with van der Waals surface area (Å²) < 4.78 is 57.6. The Kier molecular flexibility index (Phi) is 15.3. The summed E-state index contributed by atoms with van der Waals surface area (Å²) in [6.07, 6.45) is 4.78. The minimum Gasteiger partial charge on any atom is -0.870 e. The molecule has 4 aromatic rings. The number of carbonyl (C=O) groups excluding carboxylic acids is 1. The van der Waals surface area contributed by atoms with Crippen molar-refractivity contribution in [3.8, 4) is 0 Å². The maximum Gasteiger partial charge on any atom is 1.00 e. The van der Waals surface area contributed by atoms with Gasteiger partial charge in [-0.15, -0.1) is 0 Å². The van der Waals surface area contributed by atoms with Crippen LogP contribution in [-0.2, 0) is 24.8 Å². The Balaban J connectivity index is 0.000000431. The molecule has 22 heteroatoms. The van der Waals surface area contributed by atoms with E-state index in [9.17, 15) is 26.4 Å². The Morgan fingerprint density at radius 2 is 1.07 bits per heavy atom. The molecule has 45 heavy (non-hydrogen) atoms. The van der Waals surface area contributed by atoms with Gasteiger partial charge < -0.3 is 15.3 Å². The molecule has 0 saturated heterocycles. The van der Waals surface area contributed by atoms with Crippen molar-refractivity contribution in [2.24, 2.45) is 0 Å². The van der Waals surface area contributed by atoms with Crippen molar-refractivity contribution in [2.45, 2.75) is 9.79 Å². The van der Waals surface area contributed by atoms with E-state index in [4.69, 9.17) is 51.5 Å². The summed E-state index contributed by atoms with van der Waals surface area (Å²) in [5, 5.41) is 9.48. The Bertz CT molecular complexity index is 1920. The number of esters is 1. The van der Waals surface area contributed by atoms with Crippen molar-refractivity contribution in [3.63, 3.8) is 0 Å². The Labute approximate surface area is 298 Å². The van der Waals surface area contributed by atoms with Crippen LogP contribution in [0.15, 0.2) is 71.0 Å². The molecule has 0 radical (unpaired) electrons. The number of methoxy groups -OCH3 is 1. The smallest absolute Gasteiger partial charge is 0.870 e. The maximum absolute atomic E-state index is 12.3. The second-order valence-corrected chi connectivity index (χ2v) is 12.7. The molecule has 0 bridgehead atoms. The summed E-state index contributed by atoms with van der Waals surface area (Å²) in [6, 6.07) is 7.48. The number of sulfonamides is 2. The van der Waals surface area contributed by atoms with Gasteiger partial charge in [0.25, 0.3) is 20.0 Å². The van der Waals surface area contributed by atoms with Crippen molar-refractivity contribution < 1.29 is 71.3 Å². The van der Waals surface area contributed by atoms with Gasteiger partial charge in [0.05, 0.1) is 37.0 Å². The van der Waals surface area contributed by atoms with Gasteiger partial charge in [-0.1, -0.05) is 46.4 Å². The van der Waals surface area contributed by atoms with Gasteiger partial charge in [0.2, 0.25) is 0 Å². The van der Waals surface area contributed by atoms with Crippen molar-refractivity contribution in [2.75, 3.05) is 16.6 Å². The molecule has 0 atom stereocenters. The second-order valence-electron chi connectivity index (χ2n) is 7.67. The third kappa shape index (κ3) is 10.6. The number of hydrogen-bond acceptors (Lipinski definition) is 12. The zero-order valence-corrected chi connectivity index (χ0v) is 29.3. The molecular formula is C23H17Cl4N6NaO9S2. The Morgan fingerprint density at radius 1 is 0.689 bits per heavy atom. The van der Waals surface area contributed by atoms with Crippen LogP contribution in [-0.4, -0.2) is 66.4 Å². The van der Waals surface area contributed by atoms with E-state index >= 15 is 0 Å². The van der Waals surface area contributed by atoms with Crippen LogP contribution >= 0.6 is 46.4 Å². The van der Waals surface area contributed by atoms with Gasteiger partial charge in [0.1, 0.15) is 0 Å². The molecule has 0 aliphatic carbocycles. The minimum absolute atomic E-state index is 0. The van der Waals surface area contributed by atoms with E-state index in [1.54, 1.807) is 0 Å². The molecule has 15 nitrogen and oxygen atoms in total. The summed E-state index contributed by atoms with van der Waals surface area (Å²) in [4.78, 5) is 36.9. The van der Waals surface area contributed by atoms with E-state index in [2.05, 4.69) is 29.4 Å². The monoisotopic (exact) mass is 748 g/mol. The van der Waals surface area contributed by atoms with E-state index in [1.807, 2.05) is 4.72 Å². The summed E-state index contributed by atoms with van der Waals surface area (Å²) in [7, 11) is -6.94. The summed E-state index contributed by atoms with van der Waals surface area (Å²) in [6.45, 7) is 0. The van der Waals surface area contributed by atoms with Gasteiger partial charge in [-0.3, -0.25) is 9.44 Å². The molecule has 4 N–H and O–H groups in total. The number of ether oxygens (including phenoxy) is 1. The number of carboxylic acids is 1. The van der Waals surface area contributed by atoms with E-state index in [0.29, 0.717) is 0 Å². The van der Waals surface area contributed by atoms with E-state index < -0.39 is 43.5 Å². The number of aromatic carboxylic acids is 1. The molecule has 2 heterocycles. The molecule has 0 aliphatic heterocycles. The number of aromatic nitrogens is 4. The average molecular weight is 750 g/mol. The maximum atomic E-state index is 12.3. The SMILES string of the molecule is COC(=O)c1nccnc1NS(=O)(=O)c1ccc(Cl)c(Cl)c1.O=C(O)c1nccnc1NS(=O)(=O)c1ccc(Cl)c(Cl)c1.[Na+].[OH-]. The van der Waals surface area contributed by atoms with Crippen LogP contribution in [0, 0.1) is 0 Å². The number of hydrogen-bond donors (Lipinski definition) is 3. The number of carbonyl (C=O) groups is 2.